The Labute approximate surface area is 155 Å². The lowest BCUT2D eigenvalue weighted by Gasteiger charge is -2.31. The SMILES string of the molecule is CC(C)CC(C)(CN)NC(=O)c1cccc(-n2cccn2)n1.Cl.Cl. The summed E-state index contributed by atoms with van der Waals surface area (Å²) >= 11 is 0. The molecule has 0 radical (unpaired) electrons. The highest BCUT2D eigenvalue weighted by Crippen LogP contribution is 2.16. The summed E-state index contributed by atoms with van der Waals surface area (Å²) in [6, 6.07) is 7.10. The second-order valence-corrected chi connectivity index (χ2v) is 6.15. The van der Waals surface area contributed by atoms with Gasteiger partial charge in [-0.3, -0.25) is 4.79 Å². The Bertz CT molecular complexity index is 633. The Balaban J connectivity index is 0.00000264. The van der Waals surface area contributed by atoms with Gasteiger partial charge in [0.1, 0.15) is 5.69 Å². The number of nitrogens with zero attached hydrogens (tertiary/aromatic N) is 3. The van der Waals surface area contributed by atoms with Crippen molar-refractivity contribution in [2.45, 2.75) is 32.7 Å². The van der Waals surface area contributed by atoms with Gasteiger partial charge in [0, 0.05) is 18.9 Å². The van der Waals surface area contributed by atoms with Crippen molar-refractivity contribution in [2.75, 3.05) is 6.54 Å². The molecule has 1 unspecified atom stereocenters. The monoisotopic (exact) mass is 373 g/mol. The van der Waals surface area contributed by atoms with Gasteiger partial charge in [-0.25, -0.2) is 9.67 Å². The van der Waals surface area contributed by atoms with Crippen molar-refractivity contribution in [2.24, 2.45) is 11.7 Å². The minimum Gasteiger partial charge on any atom is -0.344 e. The fourth-order valence-electron chi connectivity index (χ4n) is 2.51. The number of amides is 1. The molecule has 1 amide bonds. The van der Waals surface area contributed by atoms with Crippen molar-refractivity contribution >= 4 is 30.7 Å². The van der Waals surface area contributed by atoms with E-state index in [1.54, 1.807) is 35.3 Å². The molecule has 0 spiro atoms. The van der Waals surface area contributed by atoms with Crippen LogP contribution in [0.2, 0.25) is 0 Å². The first-order valence-corrected chi connectivity index (χ1v) is 7.43. The molecule has 0 saturated carbocycles. The molecule has 134 valence electrons. The zero-order chi connectivity index (χ0) is 16.2. The van der Waals surface area contributed by atoms with Gasteiger partial charge in [-0.2, -0.15) is 5.10 Å². The lowest BCUT2D eigenvalue weighted by atomic mass is 9.90. The number of carbonyl (C=O) groups is 1. The Morgan fingerprint density at radius 2 is 2.04 bits per heavy atom. The van der Waals surface area contributed by atoms with Crippen molar-refractivity contribution in [3.8, 4) is 5.82 Å². The summed E-state index contributed by atoms with van der Waals surface area (Å²) in [7, 11) is 0. The summed E-state index contributed by atoms with van der Waals surface area (Å²) in [6.45, 7) is 6.56. The van der Waals surface area contributed by atoms with Crippen LogP contribution in [0.1, 0.15) is 37.7 Å². The van der Waals surface area contributed by atoms with Gasteiger partial charge in [0.15, 0.2) is 5.82 Å². The number of halogens is 2. The van der Waals surface area contributed by atoms with Gasteiger partial charge >= 0.3 is 0 Å². The highest BCUT2D eigenvalue weighted by molar-refractivity contribution is 5.93. The van der Waals surface area contributed by atoms with Crippen molar-refractivity contribution in [1.29, 1.82) is 0 Å². The predicted molar refractivity (Wildman–Crippen MR) is 100 cm³/mol. The molecule has 6 nitrogen and oxygen atoms in total. The van der Waals surface area contributed by atoms with Gasteiger partial charge in [0.25, 0.3) is 5.91 Å². The number of hydrogen-bond donors (Lipinski definition) is 2. The number of nitrogens with one attached hydrogen (secondary N) is 1. The van der Waals surface area contributed by atoms with E-state index < -0.39 is 5.54 Å². The van der Waals surface area contributed by atoms with Crippen LogP contribution in [0.15, 0.2) is 36.7 Å². The van der Waals surface area contributed by atoms with Gasteiger partial charge < -0.3 is 11.1 Å². The van der Waals surface area contributed by atoms with Crippen LogP contribution in [0.3, 0.4) is 0 Å². The van der Waals surface area contributed by atoms with E-state index in [1.807, 2.05) is 13.0 Å². The summed E-state index contributed by atoms with van der Waals surface area (Å²) in [4.78, 5) is 16.8. The van der Waals surface area contributed by atoms with E-state index >= 15 is 0 Å². The predicted octanol–water partition coefficient (Wildman–Crippen LogP) is 2.60. The Hall–Kier alpha value is -1.63. The molecule has 0 saturated heterocycles. The summed E-state index contributed by atoms with van der Waals surface area (Å²) < 4.78 is 1.62. The van der Waals surface area contributed by atoms with E-state index in [1.165, 1.54) is 0 Å². The van der Waals surface area contributed by atoms with Crippen molar-refractivity contribution in [3.63, 3.8) is 0 Å². The molecule has 2 rings (SSSR count). The van der Waals surface area contributed by atoms with Crippen LogP contribution < -0.4 is 11.1 Å². The average Bonchev–Trinajstić information content (AvgIpc) is 3.00. The van der Waals surface area contributed by atoms with Crippen molar-refractivity contribution in [3.05, 3.63) is 42.4 Å². The molecule has 3 N–H and O–H groups in total. The van der Waals surface area contributed by atoms with Crippen LogP contribution in [0.25, 0.3) is 5.82 Å². The molecule has 8 heteroatoms. The van der Waals surface area contributed by atoms with E-state index in [4.69, 9.17) is 5.73 Å². The van der Waals surface area contributed by atoms with E-state index in [0.717, 1.165) is 6.42 Å². The minimum atomic E-state index is -0.436. The molecule has 0 aliphatic rings. The van der Waals surface area contributed by atoms with Crippen LogP contribution in [0.4, 0.5) is 0 Å². The van der Waals surface area contributed by atoms with Crippen LogP contribution >= 0.6 is 24.8 Å². The molecular weight excluding hydrogens is 349 g/mol. The lowest BCUT2D eigenvalue weighted by Crippen LogP contribution is -2.52. The Morgan fingerprint density at radius 3 is 2.58 bits per heavy atom. The van der Waals surface area contributed by atoms with Crippen molar-refractivity contribution < 1.29 is 4.79 Å². The van der Waals surface area contributed by atoms with Gasteiger partial charge in [-0.05, 0) is 37.5 Å². The summed E-state index contributed by atoms with van der Waals surface area (Å²) in [5, 5.41) is 7.13. The fourth-order valence-corrected chi connectivity index (χ4v) is 2.51. The summed E-state index contributed by atoms with van der Waals surface area (Å²) in [5.74, 6) is 0.829. The first kappa shape index (κ1) is 22.4. The van der Waals surface area contributed by atoms with E-state index in [0.29, 0.717) is 24.0 Å². The number of nitrogens with two attached hydrogens (primary N) is 1. The molecule has 1 atom stereocenters. The van der Waals surface area contributed by atoms with Crippen molar-refractivity contribution in [1.82, 2.24) is 20.1 Å². The quantitative estimate of drug-likeness (QED) is 0.814. The number of hydrogen-bond acceptors (Lipinski definition) is 4. The number of carbonyl (C=O) groups excluding carboxylic acids is 1. The lowest BCUT2D eigenvalue weighted by molar-refractivity contribution is 0.0893. The molecular formula is C16H25Cl2N5O. The number of aromatic nitrogens is 3. The fraction of sp³-hybridized carbons (Fsp3) is 0.438. The number of pyridine rings is 1. The zero-order valence-electron chi connectivity index (χ0n) is 14.1. The minimum absolute atomic E-state index is 0. The van der Waals surface area contributed by atoms with Crippen LogP contribution in [0, 0.1) is 5.92 Å². The van der Waals surface area contributed by atoms with Gasteiger partial charge in [-0.1, -0.05) is 19.9 Å². The normalized spacial score (nSPS) is 12.7. The largest absolute Gasteiger partial charge is 0.344 e. The highest BCUT2D eigenvalue weighted by Gasteiger charge is 2.26. The zero-order valence-corrected chi connectivity index (χ0v) is 15.7. The molecule has 0 fully saturated rings. The Morgan fingerprint density at radius 1 is 1.33 bits per heavy atom. The summed E-state index contributed by atoms with van der Waals surface area (Å²) in [6.07, 6.45) is 4.27. The van der Waals surface area contributed by atoms with Crippen LogP contribution in [0.5, 0.6) is 0 Å². The smallest absolute Gasteiger partial charge is 0.270 e. The molecule has 2 heterocycles. The molecule has 0 bridgehead atoms. The van der Waals surface area contributed by atoms with Gasteiger partial charge in [-0.15, -0.1) is 24.8 Å². The molecule has 0 aliphatic heterocycles. The first-order valence-electron chi connectivity index (χ1n) is 7.43. The third-order valence-electron chi connectivity index (χ3n) is 3.43. The standard InChI is InChI=1S/C16H23N5O.2ClH/c1-12(2)10-16(3,11-17)20-15(22)13-6-4-7-14(19-13)21-9-5-8-18-21;;/h4-9,12H,10-11,17H2,1-3H3,(H,20,22);2*1H. The van der Waals surface area contributed by atoms with Crippen LogP contribution in [-0.4, -0.2) is 32.8 Å². The maximum absolute atomic E-state index is 12.5. The maximum Gasteiger partial charge on any atom is 0.270 e. The second-order valence-electron chi connectivity index (χ2n) is 6.15. The van der Waals surface area contributed by atoms with E-state index in [2.05, 4.69) is 29.2 Å². The third kappa shape index (κ3) is 5.78. The van der Waals surface area contributed by atoms with E-state index in [-0.39, 0.29) is 30.7 Å². The van der Waals surface area contributed by atoms with Crippen LogP contribution in [-0.2, 0) is 0 Å². The first-order chi connectivity index (χ1) is 10.4. The number of rotatable bonds is 6. The topological polar surface area (TPSA) is 85.8 Å². The second kappa shape index (κ2) is 9.61. The average molecular weight is 374 g/mol. The molecule has 24 heavy (non-hydrogen) atoms. The Kier molecular flexibility index (Phi) is 8.96. The molecule has 2 aromatic rings. The summed E-state index contributed by atoms with van der Waals surface area (Å²) in [5.41, 5.74) is 5.76. The molecule has 0 aromatic carbocycles. The third-order valence-corrected chi connectivity index (χ3v) is 3.43. The maximum atomic E-state index is 12.5. The van der Waals surface area contributed by atoms with Gasteiger partial charge in [0.05, 0.1) is 5.54 Å². The molecule has 0 aliphatic carbocycles. The van der Waals surface area contributed by atoms with Gasteiger partial charge in [0.2, 0.25) is 0 Å². The van der Waals surface area contributed by atoms with E-state index in [9.17, 15) is 4.79 Å². The molecule has 2 aromatic heterocycles. The highest BCUT2D eigenvalue weighted by atomic mass is 35.5.